The predicted molar refractivity (Wildman–Crippen MR) is 135 cm³/mol. The molecule has 0 radical (unpaired) electrons. The van der Waals surface area contributed by atoms with Crippen LogP contribution in [0.25, 0.3) is 34.3 Å². The topological polar surface area (TPSA) is 112 Å². The molecule has 8 nitrogen and oxygen atoms in total. The minimum Gasteiger partial charge on any atom is -0.414 e. The molecule has 0 amide bonds. The third-order valence-corrected chi connectivity index (χ3v) is 5.98. The number of thioether (sulfide) groups is 1. The zero-order valence-electron chi connectivity index (χ0n) is 19.5. The van der Waals surface area contributed by atoms with Gasteiger partial charge in [-0.15, -0.1) is 22.0 Å². The third-order valence-electron chi connectivity index (χ3n) is 4.96. The Kier molecular flexibility index (Phi) is 7.89. The quantitative estimate of drug-likeness (QED) is 0.249. The van der Waals surface area contributed by atoms with Gasteiger partial charge in [-0.2, -0.15) is 0 Å². The van der Waals surface area contributed by atoms with Gasteiger partial charge in [0.15, 0.2) is 11.5 Å². The number of anilines is 1. The van der Waals surface area contributed by atoms with Crippen molar-refractivity contribution >= 4 is 17.6 Å². The summed E-state index contributed by atoms with van der Waals surface area (Å²) in [4.78, 5) is 10.2. The normalized spacial score (nSPS) is 11.3. The van der Waals surface area contributed by atoms with Gasteiger partial charge in [-0.3, -0.25) is 0 Å². The van der Waals surface area contributed by atoms with Crippen molar-refractivity contribution in [2.75, 3.05) is 26.0 Å². The van der Waals surface area contributed by atoms with E-state index in [0.717, 1.165) is 29.8 Å². The molecule has 2 aromatic carbocycles. The van der Waals surface area contributed by atoms with Gasteiger partial charge >= 0.3 is 0 Å². The molecular weight excluding hydrogens is 448 g/mol. The molecule has 3 N–H and O–H groups in total. The lowest BCUT2D eigenvalue weighted by Gasteiger charge is -2.07. The lowest BCUT2D eigenvalue weighted by molar-refractivity contribution is 0.199. The number of aromatic nitrogens is 4. The fourth-order valence-electron chi connectivity index (χ4n) is 3.28. The van der Waals surface area contributed by atoms with E-state index in [9.17, 15) is 0 Å². The summed E-state index contributed by atoms with van der Waals surface area (Å²) in [5.74, 6) is 0.873. The van der Waals surface area contributed by atoms with E-state index >= 15 is 0 Å². The SMILES string of the molecule is COCCNCc1ccc(-c2nnc(-c3nc(-c4ccc(SC(C)C)cc4)cnc3N)o2)cc1. The van der Waals surface area contributed by atoms with E-state index in [4.69, 9.17) is 14.9 Å². The average molecular weight is 477 g/mol. The van der Waals surface area contributed by atoms with Crippen LogP contribution in [-0.2, 0) is 11.3 Å². The first-order valence-electron chi connectivity index (χ1n) is 11.1. The molecule has 0 aliphatic rings. The van der Waals surface area contributed by atoms with Gasteiger partial charge in [0.25, 0.3) is 5.89 Å². The highest BCUT2D eigenvalue weighted by Gasteiger charge is 2.17. The minimum atomic E-state index is 0.235. The molecule has 0 unspecified atom stereocenters. The Morgan fingerprint density at radius 2 is 1.71 bits per heavy atom. The van der Waals surface area contributed by atoms with Gasteiger partial charge in [0.05, 0.1) is 18.5 Å². The van der Waals surface area contributed by atoms with Crippen LogP contribution in [0, 0.1) is 0 Å². The van der Waals surface area contributed by atoms with Crippen LogP contribution in [-0.4, -0.2) is 45.7 Å². The van der Waals surface area contributed by atoms with Gasteiger partial charge in [0, 0.05) is 41.5 Å². The fraction of sp³-hybridized carbons (Fsp3) is 0.280. The molecule has 0 fully saturated rings. The van der Waals surface area contributed by atoms with Gasteiger partial charge in [0.2, 0.25) is 5.89 Å². The number of nitrogen functional groups attached to an aromatic ring is 1. The standard InChI is InChI=1S/C25H28N6O2S/c1-16(2)34-20-10-8-18(9-11-20)21-15-28-23(26)22(29-21)25-31-30-24(33-25)19-6-4-17(5-7-19)14-27-12-13-32-3/h4-11,15-16,27H,12-14H2,1-3H3,(H2,26,28). The van der Waals surface area contributed by atoms with Gasteiger partial charge in [-0.05, 0) is 29.8 Å². The third kappa shape index (κ3) is 5.99. The molecule has 0 atom stereocenters. The van der Waals surface area contributed by atoms with Crippen molar-refractivity contribution in [1.82, 2.24) is 25.5 Å². The number of hydrogen-bond acceptors (Lipinski definition) is 9. The zero-order chi connectivity index (χ0) is 23.9. The first kappa shape index (κ1) is 23.9. The Hall–Kier alpha value is -3.27. The van der Waals surface area contributed by atoms with E-state index < -0.39 is 0 Å². The van der Waals surface area contributed by atoms with Gasteiger partial charge in [0.1, 0.15) is 0 Å². The maximum absolute atomic E-state index is 6.09. The fourth-order valence-corrected chi connectivity index (χ4v) is 4.12. The number of nitrogens with zero attached hydrogens (tertiary/aromatic N) is 4. The van der Waals surface area contributed by atoms with Crippen LogP contribution < -0.4 is 11.1 Å². The van der Waals surface area contributed by atoms with Crippen molar-refractivity contribution in [1.29, 1.82) is 0 Å². The summed E-state index contributed by atoms with van der Waals surface area (Å²) in [6.45, 7) is 6.58. The number of ether oxygens (including phenoxy) is 1. The van der Waals surface area contributed by atoms with Crippen LogP contribution in [0.15, 0.2) is 64.0 Å². The molecular formula is C25H28N6O2S. The maximum atomic E-state index is 6.09. The van der Waals surface area contributed by atoms with Gasteiger partial charge in [-0.1, -0.05) is 38.1 Å². The number of methoxy groups -OCH3 is 1. The molecule has 176 valence electrons. The summed E-state index contributed by atoms with van der Waals surface area (Å²) in [5.41, 5.74) is 10.1. The highest BCUT2D eigenvalue weighted by Crippen LogP contribution is 2.29. The number of benzene rings is 2. The minimum absolute atomic E-state index is 0.235. The van der Waals surface area contributed by atoms with E-state index in [2.05, 4.69) is 51.5 Å². The molecule has 0 aliphatic carbocycles. The number of nitrogens with one attached hydrogen (secondary N) is 1. The predicted octanol–water partition coefficient (Wildman–Crippen LogP) is 4.68. The molecule has 0 aliphatic heterocycles. The van der Waals surface area contributed by atoms with E-state index in [1.165, 1.54) is 4.90 Å². The van der Waals surface area contributed by atoms with E-state index in [1.807, 2.05) is 48.2 Å². The second-order valence-electron chi connectivity index (χ2n) is 7.96. The lowest BCUT2D eigenvalue weighted by Crippen LogP contribution is -2.18. The summed E-state index contributed by atoms with van der Waals surface area (Å²) >= 11 is 1.81. The number of nitrogens with two attached hydrogens (primary N) is 1. The molecule has 0 saturated carbocycles. The van der Waals surface area contributed by atoms with Crippen LogP contribution in [0.3, 0.4) is 0 Å². The van der Waals surface area contributed by atoms with Crippen LogP contribution in [0.1, 0.15) is 19.4 Å². The highest BCUT2D eigenvalue weighted by molar-refractivity contribution is 7.99. The molecule has 0 saturated heterocycles. The Bertz CT molecular complexity index is 1210. The van der Waals surface area contributed by atoms with E-state index in [1.54, 1.807) is 13.3 Å². The van der Waals surface area contributed by atoms with Crippen LogP contribution >= 0.6 is 11.8 Å². The van der Waals surface area contributed by atoms with Gasteiger partial charge < -0.3 is 20.2 Å². The first-order chi connectivity index (χ1) is 16.5. The Morgan fingerprint density at radius 3 is 2.41 bits per heavy atom. The second kappa shape index (κ2) is 11.2. The highest BCUT2D eigenvalue weighted by atomic mass is 32.2. The summed E-state index contributed by atoms with van der Waals surface area (Å²) in [5, 5.41) is 12.2. The van der Waals surface area contributed by atoms with Crippen molar-refractivity contribution < 1.29 is 9.15 Å². The summed E-state index contributed by atoms with van der Waals surface area (Å²) < 4.78 is 10.9. The zero-order valence-corrected chi connectivity index (χ0v) is 20.3. The number of hydrogen-bond donors (Lipinski definition) is 2. The largest absolute Gasteiger partial charge is 0.414 e. The maximum Gasteiger partial charge on any atom is 0.270 e. The molecule has 4 rings (SSSR count). The van der Waals surface area contributed by atoms with Crippen molar-refractivity contribution in [3.05, 3.63) is 60.3 Å². The molecule has 0 spiro atoms. The summed E-state index contributed by atoms with van der Waals surface area (Å²) in [6, 6.07) is 16.2. The van der Waals surface area contributed by atoms with E-state index in [-0.39, 0.29) is 11.7 Å². The number of rotatable bonds is 10. The van der Waals surface area contributed by atoms with Crippen LogP contribution in [0.2, 0.25) is 0 Å². The van der Waals surface area contributed by atoms with Crippen molar-refractivity contribution in [2.45, 2.75) is 30.5 Å². The molecule has 4 aromatic rings. The molecule has 9 heteroatoms. The second-order valence-corrected chi connectivity index (χ2v) is 9.61. The lowest BCUT2D eigenvalue weighted by atomic mass is 10.1. The monoisotopic (exact) mass is 476 g/mol. The average Bonchev–Trinajstić information content (AvgIpc) is 3.33. The van der Waals surface area contributed by atoms with Crippen molar-refractivity contribution in [2.24, 2.45) is 0 Å². The Balaban J connectivity index is 1.51. The molecule has 0 bridgehead atoms. The van der Waals surface area contributed by atoms with Gasteiger partial charge in [-0.25, -0.2) is 9.97 Å². The molecule has 2 aromatic heterocycles. The smallest absolute Gasteiger partial charge is 0.270 e. The van der Waals surface area contributed by atoms with Crippen molar-refractivity contribution in [3.63, 3.8) is 0 Å². The first-order valence-corrected chi connectivity index (χ1v) is 11.9. The van der Waals surface area contributed by atoms with Crippen LogP contribution in [0.5, 0.6) is 0 Å². The Labute approximate surface area is 203 Å². The summed E-state index contributed by atoms with van der Waals surface area (Å²) in [6.07, 6.45) is 1.65. The molecule has 34 heavy (non-hydrogen) atoms. The van der Waals surface area contributed by atoms with E-state index in [0.29, 0.717) is 29.1 Å². The molecule has 2 heterocycles. The Morgan fingerprint density at radius 1 is 1.00 bits per heavy atom. The van der Waals surface area contributed by atoms with Crippen molar-refractivity contribution in [3.8, 4) is 34.3 Å². The summed E-state index contributed by atoms with van der Waals surface area (Å²) in [7, 11) is 1.69. The van der Waals surface area contributed by atoms with Crippen LogP contribution in [0.4, 0.5) is 5.82 Å².